The van der Waals surface area contributed by atoms with Crippen LogP contribution in [-0.4, -0.2) is 40.4 Å². The minimum atomic E-state index is -0.671. The lowest BCUT2D eigenvalue weighted by atomic mass is 10.1. The van der Waals surface area contributed by atoms with Crippen LogP contribution in [0.2, 0.25) is 0 Å². The number of carbonyl (C=O) groups excluding carboxylic acids is 1. The Labute approximate surface area is 96.9 Å². The molecule has 0 aromatic heterocycles. The fraction of sp³-hybridized carbons (Fsp3) is 0.750. The third kappa shape index (κ3) is 3.23. The number of aliphatic hydroxyl groups is 1. The molecule has 0 spiro atoms. The highest BCUT2D eigenvalue weighted by Crippen LogP contribution is 2.23. The number of ether oxygens (including phenoxy) is 1. The smallest absolute Gasteiger partial charge is 0.410 e. The first-order valence-corrected chi connectivity index (χ1v) is 5.65. The van der Waals surface area contributed by atoms with E-state index < -0.39 is 11.7 Å². The Morgan fingerprint density at radius 3 is 2.75 bits per heavy atom. The Morgan fingerprint density at radius 2 is 2.25 bits per heavy atom. The molecule has 2 atom stereocenters. The number of hydrogen-bond acceptors (Lipinski definition) is 3. The second-order valence-electron chi connectivity index (χ2n) is 5.11. The van der Waals surface area contributed by atoms with Crippen LogP contribution in [0.5, 0.6) is 0 Å². The summed E-state index contributed by atoms with van der Waals surface area (Å²) in [6.45, 7) is 9.69. The van der Waals surface area contributed by atoms with Crippen LogP contribution in [0, 0.1) is 0 Å². The molecular weight excluding hydrogens is 206 g/mol. The summed E-state index contributed by atoms with van der Waals surface area (Å²) in [5.41, 5.74) is -0.497. The van der Waals surface area contributed by atoms with Crippen LogP contribution in [0.15, 0.2) is 12.7 Å². The predicted octanol–water partition coefficient (Wildman–Crippen LogP) is 1.93. The van der Waals surface area contributed by atoms with Gasteiger partial charge < -0.3 is 14.7 Å². The first kappa shape index (κ1) is 13.0. The maximum Gasteiger partial charge on any atom is 0.410 e. The highest BCUT2D eigenvalue weighted by Gasteiger charge is 2.35. The fourth-order valence-corrected chi connectivity index (χ4v) is 1.85. The zero-order valence-corrected chi connectivity index (χ0v) is 10.3. The summed E-state index contributed by atoms with van der Waals surface area (Å²) in [5, 5.41) is 9.71. The molecule has 1 unspecified atom stereocenters. The van der Waals surface area contributed by atoms with Gasteiger partial charge >= 0.3 is 6.09 Å². The SMILES string of the molecule is C=CC(O)[C@@H]1CCCN1C(=O)OC(C)(C)C. The Kier molecular flexibility index (Phi) is 3.97. The van der Waals surface area contributed by atoms with E-state index in [1.807, 2.05) is 20.8 Å². The number of rotatable bonds is 2. The van der Waals surface area contributed by atoms with Gasteiger partial charge in [-0.1, -0.05) is 6.08 Å². The zero-order valence-electron chi connectivity index (χ0n) is 10.3. The molecular formula is C12H21NO3. The molecule has 1 amide bonds. The fourth-order valence-electron chi connectivity index (χ4n) is 1.85. The van der Waals surface area contributed by atoms with Crippen molar-refractivity contribution in [3.05, 3.63) is 12.7 Å². The van der Waals surface area contributed by atoms with Crippen LogP contribution in [0.1, 0.15) is 33.6 Å². The van der Waals surface area contributed by atoms with Gasteiger partial charge in [-0.15, -0.1) is 6.58 Å². The van der Waals surface area contributed by atoms with E-state index in [0.29, 0.717) is 6.54 Å². The van der Waals surface area contributed by atoms with Gasteiger partial charge in [0.25, 0.3) is 0 Å². The van der Waals surface area contributed by atoms with Gasteiger partial charge in [-0.3, -0.25) is 0 Å². The molecule has 1 aliphatic rings. The maximum atomic E-state index is 11.9. The van der Waals surface area contributed by atoms with Crippen molar-refractivity contribution in [1.82, 2.24) is 4.90 Å². The summed E-state index contributed by atoms with van der Waals surface area (Å²) >= 11 is 0. The molecule has 1 N–H and O–H groups in total. The Morgan fingerprint density at radius 1 is 1.62 bits per heavy atom. The number of nitrogens with zero attached hydrogens (tertiary/aromatic N) is 1. The third-order valence-electron chi connectivity index (χ3n) is 2.56. The van der Waals surface area contributed by atoms with Crippen LogP contribution in [-0.2, 0) is 4.74 Å². The van der Waals surface area contributed by atoms with Crippen molar-refractivity contribution < 1.29 is 14.6 Å². The van der Waals surface area contributed by atoms with Crippen LogP contribution in [0.4, 0.5) is 4.79 Å². The molecule has 0 radical (unpaired) electrons. The summed E-state index contributed by atoms with van der Waals surface area (Å²) in [6.07, 6.45) is 2.14. The third-order valence-corrected chi connectivity index (χ3v) is 2.56. The second-order valence-corrected chi connectivity index (χ2v) is 5.11. The lowest BCUT2D eigenvalue weighted by Gasteiger charge is -2.30. The molecule has 0 bridgehead atoms. The number of carbonyl (C=O) groups is 1. The summed E-state index contributed by atoms with van der Waals surface area (Å²) in [6, 6.07) is -0.188. The van der Waals surface area contributed by atoms with Gasteiger partial charge in [0.15, 0.2) is 0 Å². The summed E-state index contributed by atoms with van der Waals surface area (Å²) in [7, 11) is 0. The quantitative estimate of drug-likeness (QED) is 0.733. The first-order chi connectivity index (χ1) is 7.35. The zero-order chi connectivity index (χ0) is 12.3. The number of likely N-dealkylation sites (tertiary alicyclic amines) is 1. The predicted molar refractivity (Wildman–Crippen MR) is 62.2 cm³/mol. The second kappa shape index (κ2) is 4.87. The van der Waals surface area contributed by atoms with Crippen LogP contribution in [0.25, 0.3) is 0 Å². The van der Waals surface area contributed by atoms with Gasteiger partial charge in [0.2, 0.25) is 0 Å². The standard InChI is InChI=1S/C12H21NO3/c1-5-10(14)9-7-6-8-13(9)11(15)16-12(2,3)4/h5,9-10,14H,1,6-8H2,2-4H3/t9-,10?/m0/s1. The van der Waals surface area contributed by atoms with Crippen molar-refractivity contribution in [2.45, 2.75) is 51.4 Å². The lowest BCUT2D eigenvalue weighted by Crippen LogP contribution is -2.44. The number of hydrogen-bond donors (Lipinski definition) is 1. The number of aliphatic hydroxyl groups excluding tert-OH is 1. The molecule has 16 heavy (non-hydrogen) atoms. The highest BCUT2D eigenvalue weighted by molar-refractivity contribution is 5.69. The Hall–Kier alpha value is -1.03. The van der Waals surface area contributed by atoms with Crippen molar-refractivity contribution in [3.63, 3.8) is 0 Å². The summed E-state index contributed by atoms with van der Waals surface area (Å²) in [5.74, 6) is 0. The minimum Gasteiger partial charge on any atom is -0.444 e. The average Bonchev–Trinajstić information content (AvgIpc) is 2.62. The van der Waals surface area contributed by atoms with E-state index in [2.05, 4.69) is 6.58 Å². The molecule has 0 aliphatic carbocycles. The average molecular weight is 227 g/mol. The molecule has 0 aromatic rings. The Bertz CT molecular complexity index is 270. The van der Waals surface area contributed by atoms with E-state index in [9.17, 15) is 9.90 Å². The van der Waals surface area contributed by atoms with Gasteiger partial charge in [0.1, 0.15) is 5.60 Å². The van der Waals surface area contributed by atoms with Crippen molar-refractivity contribution in [3.8, 4) is 0 Å². The van der Waals surface area contributed by atoms with Gasteiger partial charge in [-0.2, -0.15) is 0 Å². The van der Waals surface area contributed by atoms with Crippen LogP contribution >= 0.6 is 0 Å². The van der Waals surface area contributed by atoms with Gasteiger partial charge in [-0.05, 0) is 33.6 Å². The number of amides is 1. The topological polar surface area (TPSA) is 49.8 Å². The largest absolute Gasteiger partial charge is 0.444 e. The van der Waals surface area contributed by atoms with Crippen molar-refractivity contribution in [1.29, 1.82) is 0 Å². The molecule has 4 nitrogen and oxygen atoms in total. The molecule has 4 heteroatoms. The minimum absolute atomic E-state index is 0.188. The molecule has 92 valence electrons. The lowest BCUT2D eigenvalue weighted by molar-refractivity contribution is 0.0114. The van der Waals surface area contributed by atoms with Gasteiger partial charge in [-0.25, -0.2) is 4.79 Å². The first-order valence-electron chi connectivity index (χ1n) is 5.65. The molecule has 0 aromatic carbocycles. The molecule has 0 saturated carbocycles. The van der Waals surface area contributed by atoms with E-state index in [0.717, 1.165) is 12.8 Å². The van der Waals surface area contributed by atoms with E-state index in [-0.39, 0.29) is 12.1 Å². The van der Waals surface area contributed by atoms with Crippen molar-refractivity contribution in [2.75, 3.05) is 6.54 Å². The summed E-state index contributed by atoms with van der Waals surface area (Å²) < 4.78 is 5.29. The van der Waals surface area contributed by atoms with E-state index in [4.69, 9.17) is 4.74 Å². The van der Waals surface area contributed by atoms with Gasteiger partial charge in [0.05, 0.1) is 12.1 Å². The summed E-state index contributed by atoms with van der Waals surface area (Å²) in [4.78, 5) is 13.4. The normalized spacial score (nSPS) is 23.0. The van der Waals surface area contributed by atoms with Crippen LogP contribution < -0.4 is 0 Å². The van der Waals surface area contributed by atoms with Crippen LogP contribution in [0.3, 0.4) is 0 Å². The molecule has 1 heterocycles. The molecule has 1 rings (SSSR count). The van der Waals surface area contributed by atoms with E-state index in [1.165, 1.54) is 6.08 Å². The van der Waals surface area contributed by atoms with Crippen molar-refractivity contribution in [2.24, 2.45) is 0 Å². The Balaban J connectivity index is 2.64. The molecule has 1 saturated heterocycles. The molecule has 1 aliphatic heterocycles. The van der Waals surface area contributed by atoms with E-state index >= 15 is 0 Å². The molecule has 1 fully saturated rings. The monoisotopic (exact) mass is 227 g/mol. The van der Waals surface area contributed by atoms with E-state index in [1.54, 1.807) is 4.90 Å². The van der Waals surface area contributed by atoms with Gasteiger partial charge in [0, 0.05) is 6.54 Å². The maximum absolute atomic E-state index is 11.9. The van der Waals surface area contributed by atoms with Crippen molar-refractivity contribution >= 4 is 6.09 Å². The highest BCUT2D eigenvalue weighted by atomic mass is 16.6.